The van der Waals surface area contributed by atoms with E-state index in [9.17, 15) is 4.79 Å². The van der Waals surface area contributed by atoms with Gasteiger partial charge in [-0.3, -0.25) is 0 Å². The van der Waals surface area contributed by atoms with Crippen LogP contribution in [0, 0.1) is 0 Å². The van der Waals surface area contributed by atoms with Crippen molar-refractivity contribution in [2.75, 3.05) is 32.8 Å². The molecular formula is C19H34N2O2. The molecule has 0 spiro atoms. The van der Waals surface area contributed by atoms with Gasteiger partial charge < -0.3 is 14.5 Å². The van der Waals surface area contributed by atoms with Gasteiger partial charge in [0, 0.05) is 18.8 Å². The van der Waals surface area contributed by atoms with Gasteiger partial charge in [0.15, 0.2) is 0 Å². The van der Waals surface area contributed by atoms with Crippen LogP contribution in [-0.2, 0) is 9.53 Å². The topological polar surface area (TPSA) is 32.8 Å². The minimum Gasteiger partial charge on any atom is -0.464 e. The first kappa shape index (κ1) is 19.8. The van der Waals surface area contributed by atoms with E-state index in [4.69, 9.17) is 4.74 Å². The summed E-state index contributed by atoms with van der Waals surface area (Å²) in [4.78, 5) is 17.1. The molecular weight excluding hydrogens is 288 g/mol. The van der Waals surface area contributed by atoms with Gasteiger partial charge in [-0.2, -0.15) is 0 Å². The minimum atomic E-state index is -0.286. The lowest BCUT2D eigenvalue weighted by Crippen LogP contribution is -2.46. The van der Waals surface area contributed by atoms with Gasteiger partial charge in [0.1, 0.15) is 6.04 Å². The molecule has 0 aliphatic carbocycles. The van der Waals surface area contributed by atoms with Crippen molar-refractivity contribution in [1.82, 2.24) is 9.80 Å². The summed E-state index contributed by atoms with van der Waals surface area (Å²) in [5, 5.41) is 0. The Morgan fingerprint density at radius 2 is 1.91 bits per heavy atom. The van der Waals surface area contributed by atoms with Gasteiger partial charge in [-0.1, -0.05) is 20.8 Å². The quantitative estimate of drug-likeness (QED) is 0.607. The molecule has 0 saturated carbocycles. The first-order valence-electron chi connectivity index (χ1n) is 9.04. The monoisotopic (exact) mass is 322 g/mol. The minimum absolute atomic E-state index is 0.139. The molecule has 1 unspecified atom stereocenters. The van der Waals surface area contributed by atoms with Gasteiger partial charge in [0.05, 0.1) is 6.61 Å². The van der Waals surface area contributed by atoms with E-state index >= 15 is 0 Å². The standard InChI is InChI=1S/C19H34N2O2/c1-7-11-20(9-3)12-13-21-16(6)17(8-2)15(5)14-18(21)19(22)23-10-4/h14,18H,7-13H2,1-6H3. The summed E-state index contributed by atoms with van der Waals surface area (Å²) >= 11 is 0. The molecule has 1 aliphatic heterocycles. The molecule has 0 fully saturated rings. The molecule has 1 aliphatic rings. The summed E-state index contributed by atoms with van der Waals surface area (Å²) < 4.78 is 5.30. The van der Waals surface area contributed by atoms with Crippen molar-refractivity contribution in [3.8, 4) is 0 Å². The number of rotatable bonds is 9. The van der Waals surface area contributed by atoms with E-state index < -0.39 is 0 Å². The van der Waals surface area contributed by atoms with Crippen LogP contribution in [0.5, 0.6) is 0 Å². The van der Waals surface area contributed by atoms with Gasteiger partial charge in [-0.15, -0.1) is 0 Å². The van der Waals surface area contributed by atoms with E-state index in [2.05, 4.69) is 50.5 Å². The number of likely N-dealkylation sites (N-methyl/N-ethyl adjacent to an activating group) is 1. The largest absolute Gasteiger partial charge is 0.464 e. The van der Waals surface area contributed by atoms with E-state index in [1.54, 1.807) is 0 Å². The molecule has 4 nitrogen and oxygen atoms in total. The van der Waals surface area contributed by atoms with Gasteiger partial charge in [0.2, 0.25) is 0 Å². The smallest absolute Gasteiger partial charge is 0.332 e. The third-order valence-corrected chi connectivity index (χ3v) is 4.61. The van der Waals surface area contributed by atoms with Gasteiger partial charge >= 0.3 is 5.97 Å². The zero-order chi connectivity index (χ0) is 17.4. The van der Waals surface area contributed by atoms with E-state index in [-0.39, 0.29) is 12.0 Å². The lowest BCUT2D eigenvalue weighted by molar-refractivity contribution is -0.147. The number of carbonyl (C=O) groups excluding carboxylic acids is 1. The second-order valence-electron chi connectivity index (χ2n) is 6.09. The number of hydrogen-bond acceptors (Lipinski definition) is 4. The summed E-state index contributed by atoms with van der Waals surface area (Å²) in [5.41, 5.74) is 3.78. The Morgan fingerprint density at radius 3 is 2.43 bits per heavy atom. The molecule has 1 heterocycles. The Morgan fingerprint density at radius 1 is 1.22 bits per heavy atom. The third kappa shape index (κ3) is 5.10. The molecule has 0 radical (unpaired) electrons. The fourth-order valence-electron chi connectivity index (χ4n) is 3.35. The second kappa shape index (κ2) is 9.76. The molecule has 132 valence electrons. The second-order valence-corrected chi connectivity index (χ2v) is 6.09. The highest BCUT2D eigenvalue weighted by atomic mass is 16.5. The van der Waals surface area contributed by atoms with Crippen molar-refractivity contribution in [3.63, 3.8) is 0 Å². The number of esters is 1. The first-order chi connectivity index (χ1) is 11.0. The van der Waals surface area contributed by atoms with Crippen LogP contribution in [0.3, 0.4) is 0 Å². The Kier molecular flexibility index (Phi) is 8.38. The van der Waals surface area contributed by atoms with E-state index in [0.717, 1.165) is 39.0 Å². The molecule has 0 amide bonds. The van der Waals surface area contributed by atoms with Crippen LogP contribution in [0.2, 0.25) is 0 Å². The fraction of sp³-hybridized carbons (Fsp3) is 0.737. The van der Waals surface area contributed by atoms with Crippen LogP contribution in [0.15, 0.2) is 22.9 Å². The molecule has 0 aromatic carbocycles. The summed E-state index contributed by atoms with van der Waals surface area (Å²) in [7, 11) is 0. The maximum Gasteiger partial charge on any atom is 0.332 e. The fourth-order valence-corrected chi connectivity index (χ4v) is 3.35. The Bertz CT molecular complexity index is 454. The number of allylic oxidation sites excluding steroid dienone is 3. The molecule has 4 heteroatoms. The molecule has 0 N–H and O–H groups in total. The van der Waals surface area contributed by atoms with E-state index in [1.807, 2.05) is 6.92 Å². The van der Waals surface area contributed by atoms with E-state index in [1.165, 1.54) is 16.8 Å². The molecule has 0 bridgehead atoms. The molecule has 1 atom stereocenters. The summed E-state index contributed by atoms with van der Waals surface area (Å²) in [6.07, 6.45) is 4.22. The molecule has 1 rings (SSSR count). The average Bonchev–Trinajstić information content (AvgIpc) is 2.53. The third-order valence-electron chi connectivity index (χ3n) is 4.61. The Balaban J connectivity index is 2.95. The van der Waals surface area contributed by atoms with Crippen molar-refractivity contribution in [1.29, 1.82) is 0 Å². The first-order valence-corrected chi connectivity index (χ1v) is 9.04. The van der Waals surface area contributed by atoms with Gasteiger partial charge in [-0.25, -0.2) is 4.79 Å². The molecule has 0 saturated heterocycles. The highest BCUT2D eigenvalue weighted by Gasteiger charge is 2.30. The van der Waals surface area contributed by atoms with Crippen molar-refractivity contribution in [2.24, 2.45) is 0 Å². The zero-order valence-electron chi connectivity index (χ0n) is 15.8. The summed E-state index contributed by atoms with van der Waals surface area (Å²) in [5.74, 6) is -0.139. The van der Waals surface area contributed by atoms with Crippen molar-refractivity contribution in [3.05, 3.63) is 22.9 Å². The molecule has 23 heavy (non-hydrogen) atoms. The van der Waals surface area contributed by atoms with E-state index in [0.29, 0.717) is 6.61 Å². The maximum atomic E-state index is 12.4. The summed E-state index contributed by atoms with van der Waals surface area (Å²) in [6.45, 7) is 17.1. The van der Waals surface area contributed by atoms with Gasteiger partial charge in [0.25, 0.3) is 0 Å². The van der Waals surface area contributed by atoms with Crippen molar-refractivity contribution < 1.29 is 9.53 Å². The van der Waals surface area contributed by atoms with Crippen LogP contribution in [0.25, 0.3) is 0 Å². The number of carbonyl (C=O) groups is 1. The van der Waals surface area contributed by atoms with Crippen molar-refractivity contribution >= 4 is 5.97 Å². The number of hydrogen-bond donors (Lipinski definition) is 0. The summed E-state index contributed by atoms with van der Waals surface area (Å²) in [6, 6.07) is -0.286. The zero-order valence-corrected chi connectivity index (χ0v) is 15.8. The van der Waals surface area contributed by atoms with Crippen LogP contribution in [-0.4, -0.2) is 54.6 Å². The average molecular weight is 322 g/mol. The van der Waals surface area contributed by atoms with Crippen molar-refractivity contribution in [2.45, 2.75) is 60.4 Å². The highest BCUT2D eigenvalue weighted by molar-refractivity contribution is 5.79. The molecule has 0 aromatic heterocycles. The number of ether oxygens (including phenoxy) is 1. The highest BCUT2D eigenvalue weighted by Crippen LogP contribution is 2.29. The SMILES string of the molecule is CCCN(CC)CCN1C(C)=C(CC)C(C)=CC1C(=O)OCC. The molecule has 0 aromatic rings. The lowest BCUT2D eigenvalue weighted by atomic mass is 9.95. The van der Waals surface area contributed by atoms with Crippen LogP contribution in [0.4, 0.5) is 0 Å². The van der Waals surface area contributed by atoms with Crippen LogP contribution < -0.4 is 0 Å². The lowest BCUT2D eigenvalue weighted by Gasteiger charge is -2.37. The van der Waals surface area contributed by atoms with Gasteiger partial charge in [-0.05, 0) is 63.9 Å². The van der Waals surface area contributed by atoms with Crippen LogP contribution in [0.1, 0.15) is 54.4 Å². The van der Waals surface area contributed by atoms with Crippen LogP contribution >= 0.6 is 0 Å². The Labute approximate surface area is 142 Å². The predicted molar refractivity (Wildman–Crippen MR) is 96.3 cm³/mol. The Hall–Kier alpha value is -1.29. The maximum absolute atomic E-state index is 12.4. The predicted octanol–water partition coefficient (Wildman–Crippen LogP) is 3.60. The normalized spacial score (nSPS) is 18.5. The number of nitrogens with zero attached hydrogens (tertiary/aromatic N) is 2.